The summed E-state index contributed by atoms with van der Waals surface area (Å²) in [6, 6.07) is 0. The number of rotatable bonds is 11. The van der Waals surface area contributed by atoms with E-state index in [2.05, 4.69) is 24.5 Å². The van der Waals surface area contributed by atoms with Gasteiger partial charge in [-0.05, 0) is 50.2 Å². The van der Waals surface area contributed by atoms with Crippen LogP contribution in [0.15, 0.2) is 22.9 Å². The fourth-order valence-corrected chi connectivity index (χ4v) is 3.71. The Bertz CT molecular complexity index is 614. The minimum atomic E-state index is -0.933. The minimum absolute atomic E-state index is 0.0319. The summed E-state index contributed by atoms with van der Waals surface area (Å²) < 4.78 is 0. The monoisotopic (exact) mass is 392 g/mol. The smallest absolute Gasteiger partial charge is 0.305 e. The molecule has 1 aliphatic carbocycles. The lowest BCUT2D eigenvalue weighted by Crippen LogP contribution is -2.51. The molecule has 6 nitrogen and oxygen atoms in total. The highest BCUT2D eigenvalue weighted by atomic mass is 16.4. The van der Waals surface area contributed by atoms with Crippen molar-refractivity contribution < 1.29 is 19.5 Å². The Labute approximate surface area is 168 Å². The molecule has 1 saturated carbocycles. The number of aldehydes is 1. The lowest BCUT2D eigenvalue weighted by Gasteiger charge is -2.37. The van der Waals surface area contributed by atoms with Crippen LogP contribution < -0.4 is 10.6 Å². The number of allylic oxidation sites excluding steroid dienone is 3. The van der Waals surface area contributed by atoms with Crippen molar-refractivity contribution in [3.8, 4) is 0 Å². The van der Waals surface area contributed by atoms with Crippen molar-refractivity contribution in [1.29, 1.82) is 0 Å². The predicted molar refractivity (Wildman–Crippen MR) is 111 cm³/mol. The second-order valence-electron chi connectivity index (χ2n) is 8.21. The van der Waals surface area contributed by atoms with Gasteiger partial charge in [-0.3, -0.25) is 14.4 Å². The molecule has 0 spiro atoms. The number of hydrogen-bond acceptors (Lipinski definition) is 4. The lowest BCUT2D eigenvalue weighted by atomic mass is 9.79. The summed E-state index contributed by atoms with van der Waals surface area (Å²) in [5, 5.41) is 15.5. The van der Waals surface area contributed by atoms with Gasteiger partial charge in [-0.2, -0.15) is 0 Å². The zero-order chi connectivity index (χ0) is 21.2. The molecule has 1 rings (SSSR count). The number of carbonyl (C=O) groups is 3. The molecule has 158 valence electrons. The van der Waals surface area contributed by atoms with Crippen molar-refractivity contribution >= 4 is 18.2 Å². The van der Waals surface area contributed by atoms with Crippen LogP contribution in [0.4, 0.5) is 0 Å². The molecule has 1 fully saturated rings. The zero-order valence-electron chi connectivity index (χ0n) is 17.8. The van der Waals surface area contributed by atoms with Crippen LogP contribution in [0.25, 0.3) is 0 Å². The van der Waals surface area contributed by atoms with E-state index in [1.54, 1.807) is 6.08 Å². The van der Waals surface area contributed by atoms with Crippen LogP contribution in [0.1, 0.15) is 79.1 Å². The van der Waals surface area contributed by atoms with Crippen molar-refractivity contribution in [2.24, 2.45) is 5.92 Å². The number of carboxylic acids is 1. The second kappa shape index (κ2) is 11.7. The van der Waals surface area contributed by atoms with Crippen LogP contribution in [0, 0.1) is 5.92 Å². The average molecular weight is 393 g/mol. The largest absolute Gasteiger partial charge is 0.481 e. The van der Waals surface area contributed by atoms with E-state index in [1.165, 1.54) is 0 Å². The number of hydrogen-bond donors (Lipinski definition) is 3. The van der Waals surface area contributed by atoms with Gasteiger partial charge in [0.05, 0.1) is 17.5 Å². The number of carbonyl (C=O) groups excluding carboxylic acids is 2. The molecule has 28 heavy (non-hydrogen) atoms. The van der Waals surface area contributed by atoms with Crippen LogP contribution in [-0.2, 0) is 14.4 Å². The molecule has 0 aromatic heterocycles. The van der Waals surface area contributed by atoms with Gasteiger partial charge in [0.1, 0.15) is 0 Å². The molecule has 0 aromatic rings. The first kappa shape index (κ1) is 23.9. The molecule has 3 N–H and O–H groups in total. The number of carboxylic acid groups (broad SMARTS) is 1. The molecule has 0 atom stereocenters. The third-order valence-corrected chi connectivity index (χ3v) is 5.33. The molecule has 1 aliphatic rings. The number of amides is 1. The highest BCUT2D eigenvalue weighted by Crippen LogP contribution is 2.31. The molecule has 0 heterocycles. The molecule has 0 saturated heterocycles. The van der Waals surface area contributed by atoms with Crippen molar-refractivity contribution in [3.63, 3.8) is 0 Å². The van der Waals surface area contributed by atoms with E-state index in [-0.39, 0.29) is 12.0 Å². The van der Waals surface area contributed by atoms with Gasteiger partial charge in [0.2, 0.25) is 0 Å². The molecule has 0 bridgehead atoms. The molecule has 1 amide bonds. The fourth-order valence-electron chi connectivity index (χ4n) is 3.71. The van der Waals surface area contributed by atoms with Gasteiger partial charge >= 0.3 is 5.97 Å². The van der Waals surface area contributed by atoms with E-state index in [4.69, 9.17) is 0 Å². The Balaban J connectivity index is 2.95. The van der Waals surface area contributed by atoms with Gasteiger partial charge in [-0.15, -0.1) is 0 Å². The summed E-state index contributed by atoms with van der Waals surface area (Å²) in [6.07, 6.45) is 7.91. The van der Waals surface area contributed by atoms with Gasteiger partial charge in [-0.25, -0.2) is 0 Å². The van der Waals surface area contributed by atoms with Crippen LogP contribution in [-0.4, -0.2) is 35.4 Å². The van der Waals surface area contributed by atoms with Gasteiger partial charge in [0.25, 0.3) is 5.91 Å². The predicted octanol–water partition coefficient (Wildman–Crippen LogP) is 3.73. The Morgan fingerprint density at radius 1 is 1.18 bits per heavy atom. The topological polar surface area (TPSA) is 95.5 Å². The summed E-state index contributed by atoms with van der Waals surface area (Å²) >= 11 is 0. The maximum atomic E-state index is 12.7. The third-order valence-electron chi connectivity index (χ3n) is 5.33. The summed E-state index contributed by atoms with van der Waals surface area (Å²) in [7, 11) is 0. The van der Waals surface area contributed by atoms with Gasteiger partial charge in [0.15, 0.2) is 6.29 Å². The standard InChI is InChI=1S/C22H36N2O4/c1-5-19(23-12-9-16(2)3)17(4)13-18(15-25)21(28)24-22(14-20(26)27)10-7-6-8-11-22/h13,15-16,23H,5-12,14H2,1-4H3,(H,24,28)(H,26,27)/b18-13+,19-17-. The van der Waals surface area contributed by atoms with Crippen LogP contribution >= 0.6 is 0 Å². The molecule has 0 aliphatic heterocycles. The van der Waals surface area contributed by atoms with Crippen LogP contribution in [0.3, 0.4) is 0 Å². The van der Waals surface area contributed by atoms with E-state index in [0.717, 1.165) is 49.9 Å². The van der Waals surface area contributed by atoms with E-state index >= 15 is 0 Å². The molecular formula is C22H36N2O4. The summed E-state index contributed by atoms with van der Waals surface area (Å²) in [5.74, 6) is -0.827. The Kier molecular flexibility index (Phi) is 9.97. The highest BCUT2D eigenvalue weighted by molar-refractivity contribution is 6.11. The van der Waals surface area contributed by atoms with Gasteiger partial charge in [0, 0.05) is 12.2 Å². The number of aliphatic carboxylic acids is 1. The second-order valence-corrected chi connectivity index (χ2v) is 8.21. The van der Waals surface area contributed by atoms with Gasteiger partial charge < -0.3 is 15.7 Å². The molecule has 0 aromatic carbocycles. The van der Waals surface area contributed by atoms with Gasteiger partial charge in [-0.1, -0.05) is 40.0 Å². The zero-order valence-corrected chi connectivity index (χ0v) is 17.8. The Morgan fingerprint density at radius 2 is 1.82 bits per heavy atom. The fraction of sp³-hybridized carbons (Fsp3) is 0.682. The normalized spacial score (nSPS) is 17.7. The summed E-state index contributed by atoms with van der Waals surface area (Å²) in [6.45, 7) is 9.08. The molecule has 0 unspecified atom stereocenters. The Hall–Kier alpha value is -2.11. The maximum Gasteiger partial charge on any atom is 0.305 e. The van der Waals surface area contributed by atoms with Crippen molar-refractivity contribution in [1.82, 2.24) is 10.6 Å². The highest BCUT2D eigenvalue weighted by Gasteiger charge is 2.36. The van der Waals surface area contributed by atoms with Crippen molar-refractivity contribution in [2.45, 2.75) is 84.6 Å². The van der Waals surface area contributed by atoms with Crippen LogP contribution in [0.2, 0.25) is 0 Å². The average Bonchev–Trinajstić information content (AvgIpc) is 2.62. The van der Waals surface area contributed by atoms with E-state index in [0.29, 0.717) is 25.0 Å². The quantitative estimate of drug-likeness (QED) is 0.164. The SMILES string of the molecule is CC/C(NCCC(C)C)=C(C)/C=C(\C=O)C(=O)NC1(CC(=O)O)CCCCC1. The first-order valence-electron chi connectivity index (χ1n) is 10.4. The van der Waals surface area contributed by atoms with Crippen LogP contribution in [0.5, 0.6) is 0 Å². The molecule has 0 radical (unpaired) electrons. The van der Waals surface area contributed by atoms with E-state index in [9.17, 15) is 19.5 Å². The minimum Gasteiger partial charge on any atom is -0.481 e. The summed E-state index contributed by atoms with van der Waals surface area (Å²) in [4.78, 5) is 35.6. The molecular weight excluding hydrogens is 356 g/mol. The first-order valence-corrected chi connectivity index (χ1v) is 10.4. The third kappa shape index (κ3) is 7.87. The van der Waals surface area contributed by atoms with Crippen molar-refractivity contribution in [2.75, 3.05) is 6.54 Å². The summed E-state index contributed by atoms with van der Waals surface area (Å²) in [5.41, 5.74) is 1.12. The van der Waals surface area contributed by atoms with Crippen molar-refractivity contribution in [3.05, 3.63) is 22.9 Å². The van der Waals surface area contributed by atoms with E-state index < -0.39 is 17.4 Å². The first-order chi connectivity index (χ1) is 13.2. The lowest BCUT2D eigenvalue weighted by molar-refractivity contribution is -0.139. The van der Waals surface area contributed by atoms with E-state index in [1.807, 2.05) is 13.8 Å². The Morgan fingerprint density at radius 3 is 2.32 bits per heavy atom. The molecule has 6 heteroatoms. The maximum absolute atomic E-state index is 12.7. The number of nitrogens with one attached hydrogen (secondary N) is 2.